The predicted molar refractivity (Wildman–Crippen MR) is 124 cm³/mol. The minimum atomic E-state index is 0.612. The van der Waals surface area contributed by atoms with Gasteiger partial charge in [-0.1, -0.05) is 69.3 Å². The molecule has 2 aliphatic carbocycles. The van der Waals surface area contributed by atoms with Gasteiger partial charge in [-0.25, -0.2) is 0 Å². The molecule has 1 fully saturated rings. The summed E-state index contributed by atoms with van der Waals surface area (Å²) >= 11 is 2.09. The van der Waals surface area contributed by atoms with Crippen molar-refractivity contribution in [2.45, 2.75) is 61.6 Å². The Morgan fingerprint density at radius 2 is 1.76 bits per heavy atom. The van der Waals surface area contributed by atoms with Crippen LogP contribution in [0.3, 0.4) is 0 Å². The van der Waals surface area contributed by atoms with Crippen LogP contribution in [0.15, 0.2) is 59.5 Å². The van der Waals surface area contributed by atoms with E-state index in [0.29, 0.717) is 35.0 Å². The summed E-state index contributed by atoms with van der Waals surface area (Å²) in [6, 6.07) is 16.9. The highest BCUT2D eigenvalue weighted by Gasteiger charge is 2.54. The van der Waals surface area contributed by atoms with Gasteiger partial charge in [0.2, 0.25) is 0 Å². The standard InChI is InChI=1S/C27H31NS/c1-4-18-14-17-8-7-10-21(27(17)28-18)24-15(2)16(3)25-20(24)12-13-23-26(25)19-9-5-6-11-22(19)29-23/h5-13,15-16,18,20,23-26,28H,4,14H2,1-3H3/t15?,16?,18?,20?,23-,24?,25?,26?/m1/s1. The van der Waals surface area contributed by atoms with E-state index in [1.54, 1.807) is 11.1 Å². The van der Waals surface area contributed by atoms with Gasteiger partial charge in [0, 0.05) is 27.8 Å². The molecule has 1 N–H and O–H groups in total. The van der Waals surface area contributed by atoms with Crippen LogP contribution in [0, 0.1) is 23.7 Å². The molecule has 2 aromatic carbocycles. The molecule has 8 atom stereocenters. The van der Waals surface area contributed by atoms with E-state index < -0.39 is 0 Å². The van der Waals surface area contributed by atoms with Gasteiger partial charge >= 0.3 is 0 Å². The van der Waals surface area contributed by atoms with E-state index in [4.69, 9.17) is 0 Å². The molecule has 0 spiro atoms. The molecule has 0 saturated heterocycles. The van der Waals surface area contributed by atoms with Crippen LogP contribution >= 0.6 is 11.8 Å². The lowest BCUT2D eigenvalue weighted by molar-refractivity contribution is 0.277. The third-order valence-corrected chi connectivity index (χ3v) is 9.89. The van der Waals surface area contributed by atoms with E-state index in [1.165, 1.54) is 29.0 Å². The summed E-state index contributed by atoms with van der Waals surface area (Å²) in [7, 11) is 0. The molecule has 4 aliphatic rings. The number of allylic oxidation sites excluding steroid dienone is 1. The number of fused-ring (bicyclic) bond motifs is 6. The lowest BCUT2D eigenvalue weighted by Crippen LogP contribution is -2.30. The van der Waals surface area contributed by atoms with Gasteiger partial charge in [0.05, 0.1) is 0 Å². The molecule has 2 heteroatoms. The van der Waals surface area contributed by atoms with E-state index in [2.05, 4.69) is 92.5 Å². The van der Waals surface area contributed by atoms with Gasteiger partial charge in [0.1, 0.15) is 0 Å². The molecule has 150 valence electrons. The number of hydrogen-bond acceptors (Lipinski definition) is 2. The molecule has 2 aromatic rings. The second-order valence-corrected chi connectivity index (χ2v) is 11.0. The number of anilines is 1. The Morgan fingerprint density at radius 3 is 2.62 bits per heavy atom. The van der Waals surface area contributed by atoms with Crippen molar-refractivity contribution in [2.75, 3.05) is 5.32 Å². The van der Waals surface area contributed by atoms with Crippen LogP contribution in [0.1, 0.15) is 55.7 Å². The van der Waals surface area contributed by atoms with Crippen LogP contribution in [0.4, 0.5) is 5.69 Å². The monoisotopic (exact) mass is 401 g/mol. The SMILES string of the molecule is CCC1Cc2cccc(C3C(C)C(C)C4C3C=C[C@H]3Sc5ccccc5C43)c2N1. The fourth-order valence-electron chi connectivity index (χ4n) is 7.02. The molecule has 0 bridgehead atoms. The van der Waals surface area contributed by atoms with Crippen molar-refractivity contribution in [3.8, 4) is 0 Å². The van der Waals surface area contributed by atoms with E-state index in [1.807, 2.05) is 0 Å². The Bertz CT molecular complexity index is 978. The zero-order valence-corrected chi connectivity index (χ0v) is 18.5. The Balaban J connectivity index is 1.43. The molecule has 7 unspecified atom stereocenters. The maximum absolute atomic E-state index is 3.89. The highest BCUT2D eigenvalue weighted by Crippen LogP contribution is 2.64. The van der Waals surface area contributed by atoms with Crippen molar-refractivity contribution in [3.05, 3.63) is 71.3 Å². The van der Waals surface area contributed by atoms with Gasteiger partial charge in [-0.3, -0.25) is 0 Å². The highest BCUT2D eigenvalue weighted by atomic mass is 32.2. The third kappa shape index (κ3) is 2.54. The van der Waals surface area contributed by atoms with Gasteiger partial charge in [-0.05, 0) is 65.2 Å². The fourth-order valence-corrected chi connectivity index (χ4v) is 8.45. The predicted octanol–water partition coefficient (Wildman–Crippen LogP) is 6.86. The molecule has 0 aromatic heterocycles. The van der Waals surface area contributed by atoms with Gasteiger partial charge in [-0.15, -0.1) is 11.8 Å². The lowest BCUT2D eigenvalue weighted by Gasteiger charge is -2.36. The second-order valence-electron chi connectivity index (χ2n) is 9.76. The molecule has 2 aliphatic heterocycles. The van der Waals surface area contributed by atoms with E-state index in [9.17, 15) is 0 Å². The quantitative estimate of drug-likeness (QED) is 0.551. The Morgan fingerprint density at radius 1 is 0.931 bits per heavy atom. The van der Waals surface area contributed by atoms with Crippen molar-refractivity contribution in [3.63, 3.8) is 0 Å². The van der Waals surface area contributed by atoms with Crippen LogP contribution in [0.5, 0.6) is 0 Å². The van der Waals surface area contributed by atoms with Crippen molar-refractivity contribution in [2.24, 2.45) is 23.7 Å². The zero-order chi connectivity index (χ0) is 19.7. The van der Waals surface area contributed by atoms with Crippen LogP contribution in [-0.2, 0) is 6.42 Å². The molecule has 1 saturated carbocycles. The van der Waals surface area contributed by atoms with Crippen molar-refractivity contribution >= 4 is 17.4 Å². The summed E-state index contributed by atoms with van der Waals surface area (Å²) < 4.78 is 0. The summed E-state index contributed by atoms with van der Waals surface area (Å²) in [4.78, 5) is 1.52. The average molecular weight is 402 g/mol. The number of hydrogen-bond donors (Lipinski definition) is 1. The summed E-state index contributed by atoms with van der Waals surface area (Å²) in [6.45, 7) is 7.37. The largest absolute Gasteiger partial charge is 0.382 e. The van der Waals surface area contributed by atoms with E-state index >= 15 is 0 Å². The van der Waals surface area contributed by atoms with Crippen LogP contribution in [0.25, 0.3) is 0 Å². The van der Waals surface area contributed by atoms with Gasteiger partial charge < -0.3 is 5.32 Å². The smallest absolute Gasteiger partial charge is 0.0411 e. The molecular formula is C27H31NS. The molecular weight excluding hydrogens is 370 g/mol. The van der Waals surface area contributed by atoms with E-state index in [-0.39, 0.29) is 0 Å². The number of rotatable bonds is 2. The van der Waals surface area contributed by atoms with Gasteiger partial charge in [0.25, 0.3) is 0 Å². The first-order valence-corrected chi connectivity index (χ1v) is 12.4. The van der Waals surface area contributed by atoms with Crippen LogP contribution < -0.4 is 5.32 Å². The topological polar surface area (TPSA) is 12.0 Å². The van der Waals surface area contributed by atoms with Crippen LogP contribution in [-0.4, -0.2) is 11.3 Å². The maximum atomic E-state index is 3.89. The number of benzene rings is 2. The number of nitrogens with one attached hydrogen (secondary N) is 1. The minimum absolute atomic E-state index is 0.612. The molecule has 2 heterocycles. The summed E-state index contributed by atoms with van der Waals surface area (Å²) in [5.41, 5.74) is 6.22. The Labute approximate surface area is 179 Å². The molecule has 1 nitrogen and oxygen atoms in total. The molecule has 0 amide bonds. The first-order valence-electron chi connectivity index (χ1n) is 11.5. The summed E-state index contributed by atoms with van der Waals surface area (Å²) in [5.74, 6) is 4.17. The maximum Gasteiger partial charge on any atom is 0.0411 e. The van der Waals surface area contributed by atoms with E-state index in [0.717, 1.165) is 11.8 Å². The van der Waals surface area contributed by atoms with Crippen molar-refractivity contribution in [1.29, 1.82) is 0 Å². The Hall–Kier alpha value is -1.67. The van der Waals surface area contributed by atoms with Gasteiger partial charge in [-0.2, -0.15) is 0 Å². The van der Waals surface area contributed by atoms with Gasteiger partial charge in [0.15, 0.2) is 0 Å². The summed E-state index contributed by atoms with van der Waals surface area (Å²) in [6.07, 6.45) is 7.56. The van der Waals surface area contributed by atoms with Crippen LogP contribution in [0.2, 0.25) is 0 Å². The zero-order valence-electron chi connectivity index (χ0n) is 17.6. The molecule has 0 radical (unpaired) electrons. The number of para-hydroxylation sites is 1. The minimum Gasteiger partial charge on any atom is -0.382 e. The van der Waals surface area contributed by atoms with Crippen molar-refractivity contribution < 1.29 is 0 Å². The lowest BCUT2D eigenvalue weighted by atomic mass is 9.69. The van der Waals surface area contributed by atoms with Crippen molar-refractivity contribution in [1.82, 2.24) is 0 Å². The normalized spacial score (nSPS) is 38.9. The fraction of sp³-hybridized carbons (Fsp3) is 0.481. The average Bonchev–Trinajstić information content (AvgIpc) is 3.40. The first-order chi connectivity index (χ1) is 14.2. The molecule has 29 heavy (non-hydrogen) atoms. The summed E-state index contributed by atoms with van der Waals surface area (Å²) in [5, 5.41) is 4.52. The second kappa shape index (κ2) is 6.67. The third-order valence-electron chi connectivity index (χ3n) is 8.54. The highest BCUT2D eigenvalue weighted by molar-refractivity contribution is 8.00. The number of thioether (sulfide) groups is 1. The first kappa shape index (κ1) is 18.1. The molecule has 6 rings (SSSR count). The Kier molecular flexibility index (Phi) is 4.17.